The van der Waals surface area contributed by atoms with Gasteiger partial charge in [-0.15, -0.1) is 0 Å². The average molecular weight is 362 g/mol. The Bertz CT molecular complexity index is 661. The number of carbonyl (C=O) groups is 3. The van der Waals surface area contributed by atoms with Gasteiger partial charge in [-0.25, -0.2) is 14.4 Å². The van der Waals surface area contributed by atoms with Crippen LogP contribution in [0.5, 0.6) is 17.2 Å². The van der Waals surface area contributed by atoms with Gasteiger partial charge in [0.25, 0.3) is 0 Å². The summed E-state index contributed by atoms with van der Waals surface area (Å²) in [5, 5.41) is 73.4. The van der Waals surface area contributed by atoms with Crippen LogP contribution in [0.25, 0.3) is 0 Å². The normalized spacial score (nSPS) is 15.6. The maximum Gasteiger partial charge on any atom is 0.347 e. The number of carbonyl (C=O) groups excluding carboxylic acids is 1. The van der Waals surface area contributed by atoms with E-state index >= 15 is 0 Å². The zero-order valence-corrected chi connectivity index (χ0v) is 12.2. The fourth-order valence-electron chi connectivity index (χ4n) is 1.68. The van der Waals surface area contributed by atoms with E-state index in [4.69, 9.17) is 20.4 Å². The minimum absolute atomic E-state index is 0.616. The van der Waals surface area contributed by atoms with Crippen LogP contribution in [0.4, 0.5) is 0 Å². The molecule has 0 aliphatic rings. The van der Waals surface area contributed by atoms with Crippen molar-refractivity contribution < 1.29 is 60.0 Å². The van der Waals surface area contributed by atoms with E-state index in [9.17, 15) is 34.8 Å². The topological polar surface area (TPSA) is 222 Å². The molecule has 0 heterocycles. The van der Waals surface area contributed by atoms with Gasteiger partial charge in [0.15, 0.2) is 23.4 Å². The highest BCUT2D eigenvalue weighted by Gasteiger charge is 2.41. The van der Waals surface area contributed by atoms with Gasteiger partial charge in [-0.1, -0.05) is 0 Å². The van der Waals surface area contributed by atoms with E-state index in [2.05, 4.69) is 4.74 Å². The number of rotatable bonds is 7. The number of hydrogen-bond acceptors (Lipinski definition) is 10. The van der Waals surface area contributed by atoms with Gasteiger partial charge in [-0.3, -0.25) is 0 Å². The van der Waals surface area contributed by atoms with Gasteiger partial charge in [0.1, 0.15) is 12.2 Å². The summed E-state index contributed by atoms with van der Waals surface area (Å²) in [5.41, 5.74) is -0.625. The maximum atomic E-state index is 11.8. The van der Waals surface area contributed by atoms with Gasteiger partial charge in [-0.2, -0.15) is 0 Å². The maximum absolute atomic E-state index is 11.8. The van der Waals surface area contributed by atoms with Crippen LogP contribution in [0.3, 0.4) is 0 Å². The van der Waals surface area contributed by atoms with Gasteiger partial charge in [0.2, 0.25) is 6.10 Å². The van der Waals surface area contributed by atoms with Gasteiger partial charge in [-0.05, 0) is 12.1 Å². The largest absolute Gasteiger partial charge is 0.504 e. The van der Waals surface area contributed by atoms with Crippen LogP contribution in [0.15, 0.2) is 12.1 Å². The van der Waals surface area contributed by atoms with Crippen molar-refractivity contribution >= 4 is 17.9 Å². The third kappa shape index (κ3) is 4.47. The first-order valence-electron chi connectivity index (χ1n) is 6.43. The fourth-order valence-corrected chi connectivity index (χ4v) is 1.68. The van der Waals surface area contributed by atoms with Crippen molar-refractivity contribution in [3.05, 3.63) is 17.7 Å². The van der Waals surface area contributed by atoms with Crippen LogP contribution in [0.1, 0.15) is 10.4 Å². The number of carboxylic acid groups (broad SMARTS) is 2. The van der Waals surface area contributed by atoms with Crippen LogP contribution in [-0.2, 0) is 14.3 Å². The summed E-state index contributed by atoms with van der Waals surface area (Å²) in [6.07, 6.45) is -10.1. The van der Waals surface area contributed by atoms with E-state index in [1.54, 1.807) is 0 Å². The van der Waals surface area contributed by atoms with Crippen molar-refractivity contribution in [1.82, 2.24) is 0 Å². The summed E-state index contributed by atoms with van der Waals surface area (Å²) in [6.45, 7) is 0. The molecule has 8 N–H and O–H groups in total. The molecule has 1 rings (SSSR count). The molecule has 1 aromatic carbocycles. The lowest BCUT2D eigenvalue weighted by Gasteiger charge is -2.25. The fraction of sp³-hybridized carbons (Fsp3) is 0.308. The minimum Gasteiger partial charge on any atom is -0.504 e. The van der Waals surface area contributed by atoms with Crippen LogP contribution < -0.4 is 0 Å². The zero-order chi connectivity index (χ0) is 19.5. The molecule has 1 aromatic rings. The molecule has 0 aliphatic heterocycles. The number of phenols is 3. The summed E-state index contributed by atoms with van der Waals surface area (Å²) < 4.78 is 4.40. The highest BCUT2D eigenvalue weighted by Crippen LogP contribution is 2.35. The molecule has 0 unspecified atom stereocenters. The molecule has 25 heavy (non-hydrogen) atoms. The van der Waals surface area contributed by atoms with Crippen molar-refractivity contribution in [2.24, 2.45) is 0 Å². The molecule has 12 nitrogen and oxygen atoms in total. The van der Waals surface area contributed by atoms with Crippen LogP contribution in [-0.4, -0.2) is 83.2 Å². The van der Waals surface area contributed by atoms with Crippen LogP contribution in [0, 0.1) is 0 Å². The van der Waals surface area contributed by atoms with E-state index in [0.29, 0.717) is 12.1 Å². The number of ether oxygens (including phenoxy) is 1. The number of carboxylic acids is 2. The molecule has 0 spiro atoms. The third-order valence-corrected chi connectivity index (χ3v) is 3.02. The number of esters is 1. The van der Waals surface area contributed by atoms with E-state index < -0.39 is 65.1 Å². The van der Waals surface area contributed by atoms with Crippen molar-refractivity contribution in [3.63, 3.8) is 0 Å². The van der Waals surface area contributed by atoms with E-state index in [1.165, 1.54) is 0 Å². The minimum atomic E-state index is -2.56. The number of aliphatic hydroxyl groups excluding tert-OH is 3. The van der Waals surface area contributed by atoms with Gasteiger partial charge < -0.3 is 45.6 Å². The number of phenolic OH excluding ortho intramolecular Hbond substituents is 3. The van der Waals surface area contributed by atoms with Gasteiger partial charge in [0.05, 0.1) is 5.56 Å². The van der Waals surface area contributed by atoms with E-state index in [1.807, 2.05) is 0 Å². The Balaban J connectivity index is 3.04. The van der Waals surface area contributed by atoms with Crippen molar-refractivity contribution in [3.8, 4) is 17.2 Å². The summed E-state index contributed by atoms with van der Waals surface area (Å²) in [4.78, 5) is 33.5. The Morgan fingerprint density at radius 3 is 1.72 bits per heavy atom. The van der Waals surface area contributed by atoms with Gasteiger partial charge in [0, 0.05) is 0 Å². The van der Waals surface area contributed by atoms with E-state index in [-0.39, 0.29) is 0 Å². The third-order valence-electron chi connectivity index (χ3n) is 3.02. The molecule has 0 saturated carbocycles. The predicted octanol–water partition coefficient (Wildman–Crippen LogP) is -2.42. The number of benzene rings is 1. The van der Waals surface area contributed by atoms with Gasteiger partial charge >= 0.3 is 17.9 Å². The zero-order valence-electron chi connectivity index (χ0n) is 12.2. The molecule has 0 fully saturated rings. The lowest BCUT2D eigenvalue weighted by molar-refractivity contribution is -0.173. The van der Waals surface area contributed by atoms with E-state index in [0.717, 1.165) is 0 Å². The predicted molar refractivity (Wildman–Crippen MR) is 73.9 cm³/mol. The SMILES string of the molecule is O=C(O[C@H](C(=O)O)[C@H](O)[C@H](O)[C@@H](O)C(=O)O)c1cc(O)c(O)c(O)c1. The molecule has 0 aromatic heterocycles. The second-order valence-electron chi connectivity index (χ2n) is 4.79. The summed E-state index contributed by atoms with van der Waals surface area (Å²) in [5.74, 6) is -8.26. The molecule has 0 aliphatic carbocycles. The average Bonchev–Trinajstić information content (AvgIpc) is 2.54. The number of aliphatic hydroxyl groups is 3. The second kappa shape index (κ2) is 7.65. The molecule has 12 heteroatoms. The van der Waals surface area contributed by atoms with Crippen LogP contribution >= 0.6 is 0 Å². The van der Waals surface area contributed by atoms with Crippen molar-refractivity contribution in [1.29, 1.82) is 0 Å². The Kier molecular flexibility index (Phi) is 6.11. The Morgan fingerprint density at radius 2 is 1.32 bits per heavy atom. The molecule has 0 saturated heterocycles. The number of aliphatic carboxylic acids is 2. The first-order chi connectivity index (χ1) is 11.5. The lowest BCUT2D eigenvalue weighted by Crippen LogP contribution is -2.51. The van der Waals surface area contributed by atoms with Crippen LogP contribution in [0.2, 0.25) is 0 Å². The summed E-state index contributed by atoms with van der Waals surface area (Å²) in [6, 6.07) is 1.23. The Labute approximate surface area is 138 Å². The lowest BCUT2D eigenvalue weighted by atomic mass is 10.0. The first kappa shape index (κ1) is 20.0. The van der Waals surface area contributed by atoms with Crippen molar-refractivity contribution in [2.75, 3.05) is 0 Å². The smallest absolute Gasteiger partial charge is 0.347 e. The molecule has 0 bridgehead atoms. The molecule has 138 valence electrons. The molecular weight excluding hydrogens is 348 g/mol. The van der Waals surface area contributed by atoms with Crippen molar-refractivity contribution in [2.45, 2.75) is 24.4 Å². The molecule has 4 atom stereocenters. The monoisotopic (exact) mass is 362 g/mol. The first-order valence-corrected chi connectivity index (χ1v) is 6.43. The standard InChI is InChI=1S/C13H14O12/c14-4-1-3(2-5(15)6(4)16)13(24)25-10(12(22)23)8(18)7(17)9(19)11(20)21/h1-2,7-10,14-19H,(H,20,21)(H,22,23)/t7-,8+,9+,10-/m0/s1. The Hall–Kier alpha value is -3.09. The highest BCUT2D eigenvalue weighted by molar-refractivity contribution is 5.92. The Morgan fingerprint density at radius 1 is 0.840 bits per heavy atom. The second-order valence-corrected chi connectivity index (χ2v) is 4.79. The number of aromatic hydroxyl groups is 3. The number of hydrogen-bond donors (Lipinski definition) is 8. The molecular formula is C13H14O12. The summed E-state index contributed by atoms with van der Waals surface area (Å²) >= 11 is 0. The summed E-state index contributed by atoms with van der Waals surface area (Å²) in [7, 11) is 0. The molecule has 0 amide bonds. The highest BCUT2D eigenvalue weighted by atomic mass is 16.6. The quantitative estimate of drug-likeness (QED) is 0.187. The molecule has 0 radical (unpaired) electrons.